The molecule has 0 heterocycles. The minimum atomic E-state index is -0.0190. The zero-order valence-corrected chi connectivity index (χ0v) is 23.5. The van der Waals surface area contributed by atoms with Gasteiger partial charge in [0.2, 0.25) is 0 Å². The molecule has 0 radical (unpaired) electrons. The van der Waals surface area contributed by atoms with E-state index in [1.54, 1.807) is 14.2 Å². The second-order valence-electron chi connectivity index (χ2n) is 9.26. The smallest absolute Gasteiger partial charge is 0.161 e. The van der Waals surface area contributed by atoms with Gasteiger partial charge in [0.1, 0.15) is 24.7 Å². The molecule has 0 saturated carbocycles. The molecule has 0 bridgehead atoms. The summed E-state index contributed by atoms with van der Waals surface area (Å²) in [5.74, 6) is 2.80. The van der Waals surface area contributed by atoms with E-state index in [0.717, 1.165) is 45.6 Å². The molecule has 6 nitrogen and oxygen atoms in total. The Morgan fingerprint density at radius 3 is 1.82 bits per heavy atom. The maximum atomic E-state index is 9.26. The summed E-state index contributed by atoms with van der Waals surface area (Å²) in [6.07, 6.45) is 1.38. The van der Waals surface area contributed by atoms with Crippen molar-refractivity contribution in [3.8, 4) is 34.1 Å². The molecule has 0 amide bonds. The highest BCUT2D eigenvalue weighted by atomic mass is 16.5. The van der Waals surface area contributed by atoms with Crippen molar-refractivity contribution >= 4 is 0 Å². The van der Waals surface area contributed by atoms with E-state index in [2.05, 4.69) is 19.1 Å². The van der Waals surface area contributed by atoms with Crippen LogP contribution in [-0.2, 0) is 30.8 Å². The van der Waals surface area contributed by atoms with Crippen LogP contribution in [0.25, 0.3) is 11.1 Å². The molecule has 0 spiro atoms. The largest absolute Gasteiger partial charge is 0.493 e. The number of benzene rings is 4. The molecular formula is C34H38O6. The van der Waals surface area contributed by atoms with Gasteiger partial charge in [0, 0.05) is 11.6 Å². The van der Waals surface area contributed by atoms with Gasteiger partial charge in [0.15, 0.2) is 11.5 Å². The molecule has 4 rings (SSSR count). The molecule has 210 valence electrons. The predicted molar refractivity (Wildman–Crippen MR) is 158 cm³/mol. The average molecular weight is 543 g/mol. The van der Waals surface area contributed by atoms with Crippen LogP contribution >= 0.6 is 0 Å². The number of hydrogen-bond acceptors (Lipinski definition) is 6. The fourth-order valence-electron chi connectivity index (χ4n) is 4.75. The molecule has 0 unspecified atom stereocenters. The Hall–Kier alpha value is -4.00. The number of rotatable bonds is 15. The first-order chi connectivity index (χ1) is 19.7. The molecule has 0 aliphatic rings. The summed E-state index contributed by atoms with van der Waals surface area (Å²) in [6.45, 7) is 3.70. The topological polar surface area (TPSA) is 66.4 Å². The minimum Gasteiger partial charge on any atom is -0.493 e. The summed E-state index contributed by atoms with van der Waals surface area (Å²) in [5.41, 5.74) is 6.25. The van der Waals surface area contributed by atoms with Crippen molar-refractivity contribution in [2.45, 2.75) is 33.0 Å². The Morgan fingerprint density at radius 1 is 0.625 bits per heavy atom. The van der Waals surface area contributed by atoms with Crippen LogP contribution < -0.4 is 18.9 Å². The van der Waals surface area contributed by atoms with Gasteiger partial charge in [-0.2, -0.15) is 0 Å². The van der Waals surface area contributed by atoms with E-state index in [0.29, 0.717) is 43.5 Å². The van der Waals surface area contributed by atoms with Gasteiger partial charge in [0.05, 0.1) is 34.0 Å². The van der Waals surface area contributed by atoms with E-state index in [9.17, 15) is 5.11 Å². The lowest BCUT2D eigenvalue weighted by atomic mass is 9.90. The third kappa shape index (κ3) is 7.34. The summed E-state index contributed by atoms with van der Waals surface area (Å²) in [6, 6.07) is 28.2. The molecule has 0 fully saturated rings. The second-order valence-corrected chi connectivity index (χ2v) is 9.26. The molecular weight excluding hydrogens is 504 g/mol. The third-order valence-corrected chi connectivity index (χ3v) is 6.70. The molecule has 4 aromatic carbocycles. The highest BCUT2D eigenvalue weighted by Gasteiger charge is 2.22. The van der Waals surface area contributed by atoms with E-state index in [4.69, 9.17) is 23.7 Å². The maximum absolute atomic E-state index is 9.26. The first-order valence-electron chi connectivity index (χ1n) is 13.6. The second kappa shape index (κ2) is 15.0. The Balaban J connectivity index is 1.84. The van der Waals surface area contributed by atoms with Gasteiger partial charge in [-0.1, -0.05) is 73.7 Å². The van der Waals surface area contributed by atoms with Gasteiger partial charge in [-0.15, -0.1) is 0 Å². The molecule has 0 aliphatic heterocycles. The van der Waals surface area contributed by atoms with Crippen molar-refractivity contribution in [3.05, 3.63) is 107 Å². The summed E-state index contributed by atoms with van der Waals surface area (Å²) in [5, 5.41) is 9.26. The fourth-order valence-corrected chi connectivity index (χ4v) is 4.75. The lowest BCUT2D eigenvalue weighted by Gasteiger charge is -2.23. The molecule has 0 aliphatic carbocycles. The van der Waals surface area contributed by atoms with Crippen LogP contribution in [0.2, 0.25) is 0 Å². The number of hydrogen-bond donors (Lipinski definition) is 1. The van der Waals surface area contributed by atoms with Crippen LogP contribution in [0.4, 0.5) is 0 Å². The summed E-state index contributed by atoms with van der Waals surface area (Å²) >= 11 is 0. The molecule has 40 heavy (non-hydrogen) atoms. The number of aliphatic hydroxyl groups excluding tert-OH is 1. The van der Waals surface area contributed by atoms with Crippen LogP contribution in [0.15, 0.2) is 84.9 Å². The Labute approximate surface area is 237 Å². The van der Waals surface area contributed by atoms with Crippen molar-refractivity contribution < 1.29 is 28.8 Å². The first kappa shape index (κ1) is 29.0. The Kier molecular flexibility index (Phi) is 10.8. The maximum Gasteiger partial charge on any atom is 0.161 e. The van der Waals surface area contributed by atoms with Crippen LogP contribution in [-0.4, -0.2) is 39.1 Å². The minimum absolute atomic E-state index is 0.0190. The molecule has 0 saturated heterocycles. The first-order valence-corrected chi connectivity index (χ1v) is 13.6. The van der Waals surface area contributed by atoms with E-state index in [1.807, 2.05) is 72.8 Å². The van der Waals surface area contributed by atoms with Gasteiger partial charge >= 0.3 is 0 Å². The zero-order valence-electron chi connectivity index (χ0n) is 23.5. The monoisotopic (exact) mass is 542 g/mol. The highest BCUT2D eigenvalue weighted by molar-refractivity contribution is 5.79. The third-order valence-electron chi connectivity index (χ3n) is 6.70. The van der Waals surface area contributed by atoms with Crippen LogP contribution in [0, 0.1) is 0 Å². The van der Waals surface area contributed by atoms with Crippen molar-refractivity contribution in [1.82, 2.24) is 0 Å². The molecule has 0 atom stereocenters. The molecule has 0 aromatic heterocycles. The summed E-state index contributed by atoms with van der Waals surface area (Å²) < 4.78 is 29.8. The lowest BCUT2D eigenvalue weighted by molar-refractivity contribution is 0.0943. The van der Waals surface area contributed by atoms with Crippen LogP contribution in [0.1, 0.15) is 29.2 Å². The predicted octanol–water partition coefficient (Wildman–Crippen LogP) is 6.64. The van der Waals surface area contributed by atoms with E-state index in [-0.39, 0.29) is 13.2 Å². The molecule has 4 aromatic rings. The van der Waals surface area contributed by atoms with Crippen molar-refractivity contribution in [1.29, 1.82) is 0 Å². The Morgan fingerprint density at radius 2 is 1.25 bits per heavy atom. The van der Waals surface area contributed by atoms with E-state index < -0.39 is 0 Å². The van der Waals surface area contributed by atoms with Gasteiger partial charge in [-0.3, -0.25) is 0 Å². The normalized spacial score (nSPS) is 10.8. The van der Waals surface area contributed by atoms with Gasteiger partial charge in [-0.05, 0) is 52.8 Å². The molecule has 1 N–H and O–H groups in total. The van der Waals surface area contributed by atoms with Gasteiger partial charge in [0.25, 0.3) is 0 Å². The lowest BCUT2D eigenvalue weighted by Crippen LogP contribution is -2.10. The number of ether oxygens (including phenoxy) is 5. The van der Waals surface area contributed by atoms with E-state index in [1.165, 1.54) is 0 Å². The van der Waals surface area contributed by atoms with Crippen LogP contribution in [0.3, 0.4) is 0 Å². The average Bonchev–Trinajstić information content (AvgIpc) is 3.01. The molecule has 6 heteroatoms. The fraction of sp³-hybridized carbons (Fsp3) is 0.294. The van der Waals surface area contributed by atoms with Crippen molar-refractivity contribution in [2.75, 3.05) is 34.0 Å². The van der Waals surface area contributed by atoms with Crippen molar-refractivity contribution in [3.63, 3.8) is 0 Å². The number of methoxy groups -OCH3 is 2. The van der Waals surface area contributed by atoms with Gasteiger partial charge < -0.3 is 28.8 Å². The quantitative estimate of drug-likeness (QED) is 0.170. The zero-order chi connectivity index (χ0) is 28.2. The number of aliphatic hydroxyl groups is 1. The van der Waals surface area contributed by atoms with Gasteiger partial charge in [-0.25, -0.2) is 0 Å². The Bertz CT molecular complexity index is 1340. The van der Waals surface area contributed by atoms with Crippen LogP contribution in [0.5, 0.6) is 23.0 Å². The SMILES string of the molecule is CCc1c(OCc2ccccc2)cc(OCc2ccccc2)c(-c2ccc(OC)c(OC)c2)c1CCOCCO. The summed E-state index contributed by atoms with van der Waals surface area (Å²) in [4.78, 5) is 0. The highest BCUT2D eigenvalue weighted by Crippen LogP contribution is 2.44. The standard InChI is InChI=1S/C34H38O6/c1-4-28-29(17-19-38-20-18-35)34(27-15-16-30(36-2)32(21-27)37-3)33(40-24-26-13-9-6-10-14-26)22-31(28)39-23-25-11-7-5-8-12-25/h5-16,21-22,35H,4,17-20,23-24H2,1-3H3. The van der Waals surface area contributed by atoms with Crippen molar-refractivity contribution in [2.24, 2.45) is 0 Å². The van der Waals surface area contributed by atoms with E-state index >= 15 is 0 Å². The summed E-state index contributed by atoms with van der Waals surface area (Å²) in [7, 11) is 3.26.